The lowest BCUT2D eigenvalue weighted by Crippen LogP contribution is -2.30. The van der Waals surface area contributed by atoms with Crippen molar-refractivity contribution in [3.8, 4) is 5.75 Å². The number of methoxy groups -OCH3 is 1. The van der Waals surface area contributed by atoms with Crippen LogP contribution < -0.4 is 4.74 Å². The van der Waals surface area contributed by atoms with Crippen LogP contribution in [-0.4, -0.2) is 47.4 Å². The average molecular weight is 361 g/mol. The largest absolute Gasteiger partial charge is 0.497 e. The zero-order valence-electron chi connectivity index (χ0n) is 13.6. The van der Waals surface area contributed by atoms with Crippen LogP contribution in [0, 0.1) is 19.8 Å². The van der Waals surface area contributed by atoms with Crippen LogP contribution in [0.25, 0.3) is 0 Å². The van der Waals surface area contributed by atoms with E-state index in [4.69, 9.17) is 9.29 Å². The van der Waals surface area contributed by atoms with E-state index >= 15 is 0 Å². The zero-order valence-corrected chi connectivity index (χ0v) is 15.2. The lowest BCUT2D eigenvalue weighted by atomic mass is 10.1. The first kappa shape index (κ1) is 18.4. The summed E-state index contributed by atoms with van der Waals surface area (Å²) in [4.78, 5) is 0.338. The Morgan fingerprint density at radius 3 is 2.48 bits per heavy atom. The molecule has 1 heterocycles. The number of sulfonamides is 1. The van der Waals surface area contributed by atoms with Gasteiger partial charge in [-0.25, -0.2) is 12.6 Å². The highest BCUT2D eigenvalue weighted by molar-refractivity contribution is 7.89. The highest BCUT2D eigenvalue weighted by Gasteiger charge is 2.34. The van der Waals surface area contributed by atoms with Crippen molar-refractivity contribution in [2.75, 3.05) is 26.0 Å². The number of aryl methyl sites for hydroxylation is 2. The molecular weight excluding hydrogens is 338 g/mol. The van der Waals surface area contributed by atoms with E-state index in [0.29, 0.717) is 41.3 Å². The Hall–Kier alpha value is -0.960. The van der Waals surface area contributed by atoms with Gasteiger partial charge in [-0.2, -0.15) is 4.31 Å². The molecule has 0 aromatic heterocycles. The van der Waals surface area contributed by atoms with Crippen LogP contribution in [0.4, 0.5) is 0 Å². The van der Waals surface area contributed by atoms with Gasteiger partial charge in [0.25, 0.3) is 0 Å². The first-order valence-electron chi connectivity index (χ1n) is 7.48. The molecule has 0 bridgehead atoms. The molecular formula is C15H23NO5S2. The van der Waals surface area contributed by atoms with Crippen molar-refractivity contribution in [2.45, 2.75) is 31.6 Å². The summed E-state index contributed by atoms with van der Waals surface area (Å²) < 4.78 is 52.2. The molecule has 2 atom stereocenters. The maximum absolute atomic E-state index is 12.9. The Kier molecular flexibility index (Phi) is 5.83. The van der Waals surface area contributed by atoms with Gasteiger partial charge in [0, 0.05) is 18.8 Å². The molecule has 1 N–H and O–H groups in total. The molecule has 23 heavy (non-hydrogen) atoms. The lowest BCUT2D eigenvalue weighted by Gasteiger charge is -2.20. The van der Waals surface area contributed by atoms with Crippen molar-refractivity contribution in [1.82, 2.24) is 4.31 Å². The number of hydrogen-bond donors (Lipinski definition) is 1. The normalized spacial score (nSPS) is 20.6. The average Bonchev–Trinajstić information content (AvgIpc) is 2.93. The number of ether oxygens (including phenoxy) is 1. The Balaban J connectivity index is 2.22. The number of hydrogen-bond acceptors (Lipinski definition) is 4. The Morgan fingerprint density at radius 1 is 1.35 bits per heavy atom. The van der Waals surface area contributed by atoms with Crippen LogP contribution in [0.1, 0.15) is 24.0 Å². The molecule has 6 nitrogen and oxygen atoms in total. The minimum atomic E-state index is -3.56. The van der Waals surface area contributed by atoms with Gasteiger partial charge in [0.1, 0.15) is 5.75 Å². The van der Waals surface area contributed by atoms with Gasteiger partial charge in [-0.3, -0.25) is 0 Å². The Morgan fingerprint density at radius 2 is 1.96 bits per heavy atom. The van der Waals surface area contributed by atoms with Crippen LogP contribution in [-0.2, 0) is 21.1 Å². The molecule has 1 fully saturated rings. The molecule has 0 spiro atoms. The summed E-state index contributed by atoms with van der Waals surface area (Å²) in [5.74, 6) is 0.975. The number of nitrogens with zero attached hydrogens (tertiary/aromatic N) is 1. The molecule has 1 aromatic rings. The van der Waals surface area contributed by atoms with E-state index in [1.54, 1.807) is 33.1 Å². The predicted octanol–water partition coefficient (Wildman–Crippen LogP) is 1.93. The van der Waals surface area contributed by atoms with E-state index in [1.165, 1.54) is 4.31 Å². The van der Waals surface area contributed by atoms with Crippen molar-refractivity contribution in [3.05, 3.63) is 23.3 Å². The molecule has 1 saturated heterocycles. The second-order valence-corrected chi connectivity index (χ2v) is 8.85. The van der Waals surface area contributed by atoms with E-state index < -0.39 is 21.1 Å². The summed E-state index contributed by atoms with van der Waals surface area (Å²) >= 11 is -1.82. The van der Waals surface area contributed by atoms with Crippen LogP contribution in [0.5, 0.6) is 5.75 Å². The fourth-order valence-corrected chi connectivity index (χ4v) is 5.56. The number of rotatable bonds is 6. The molecule has 1 aromatic carbocycles. The maximum Gasteiger partial charge on any atom is 0.243 e. The molecule has 1 aliphatic heterocycles. The second kappa shape index (κ2) is 7.29. The highest BCUT2D eigenvalue weighted by Crippen LogP contribution is 2.31. The Bertz CT molecular complexity index is 679. The van der Waals surface area contributed by atoms with Crippen molar-refractivity contribution < 1.29 is 21.9 Å². The van der Waals surface area contributed by atoms with Gasteiger partial charge in [0.05, 0.1) is 12.0 Å². The van der Waals surface area contributed by atoms with Gasteiger partial charge in [-0.05, 0) is 55.9 Å². The number of benzene rings is 1. The van der Waals surface area contributed by atoms with E-state index in [0.717, 1.165) is 6.42 Å². The summed E-state index contributed by atoms with van der Waals surface area (Å²) in [6.45, 7) is 4.40. The van der Waals surface area contributed by atoms with Crippen molar-refractivity contribution in [1.29, 1.82) is 0 Å². The fourth-order valence-electron chi connectivity index (χ4n) is 3.08. The van der Waals surface area contributed by atoms with Crippen LogP contribution >= 0.6 is 0 Å². The van der Waals surface area contributed by atoms with Gasteiger partial charge in [0.2, 0.25) is 10.0 Å². The third kappa shape index (κ3) is 4.12. The summed E-state index contributed by atoms with van der Waals surface area (Å²) in [5, 5.41) is 0. The quantitative estimate of drug-likeness (QED) is 0.783. The monoisotopic (exact) mass is 361 g/mol. The molecule has 1 aliphatic rings. The maximum atomic E-state index is 12.9. The molecule has 0 aliphatic carbocycles. The Labute approximate surface area is 140 Å². The summed E-state index contributed by atoms with van der Waals surface area (Å²) in [5.41, 5.74) is 1.34. The first-order valence-corrected chi connectivity index (χ1v) is 10.2. The molecule has 2 rings (SSSR count). The molecule has 0 radical (unpaired) electrons. The third-order valence-corrected chi connectivity index (χ3v) is 6.97. The van der Waals surface area contributed by atoms with Crippen LogP contribution in [0.2, 0.25) is 0 Å². The van der Waals surface area contributed by atoms with Crippen molar-refractivity contribution in [2.24, 2.45) is 5.92 Å². The van der Waals surface area contributed by atoms with E-state index in [-0.39, 0.29) is 11.7 Å². The van der Waals surface area contributed by atoms with Gasteiger partial charge in [-0.1, -0.05) is 0 Å². The first-order chi connectivity index (χ1) is 10.8. The van der Waals surface area contributed by atoms with E-state index in [9.17, 15) is 12.6 Å². The summed E-state index contributed by atoms with van der Waals surface area (Å²) in [6, 6.07) is 3.45. The fraction of sp³-hybridized carbons (Fsp3) is 0.600. The van der Waals surface area contributed by atoms with Gasteiger partial charge in [-0.15, -0.1) is 0 Å². The van der Waals surface area contributed by atoms with E-state index in [1.807, 2.05) is 0 Å². The van der Waals surface area contributed by atoms with Crippen LogP contribution in [0.3, 0.4) is 0 Å². The van der Waals surface area contributed by atoms with Crippen molar-refractivity contribution >= 4 is 21.1 Å². The molecule has 0 saturated carbocycles. The smallest absolute Gasteiger partial charge is 0.243 e. The van der Waals surface area contributed by atoms with Gasteiger partial charge < -0.3 is 9.29 Å². The lowest BCUT2D eigenvalue weighted by molar-refractivity contribution is 0.413. The molecule has 0 amide bonds. The summed E-state index contributed by atoms with van der Waals surface area (Å²) in [6.07, 6.45) is 1.29. The SMILES string of the molecule is COc1cc(C)c(S(=O)(=O)N2CCC(CCS(=O)O)C2)c(C)c1. The molecule has 8 heteroatoms. The second-order valence-electron chi connectivity index (χ2n) is 5.92. The van der Waals surface area contributed by atoms with E-state index in [2.05, 4.69) is 0 Å². The summed E-state index contributed by atoms with van der Waals surface area (Å²) in [7, 11) is -2.00. The zero-order chi connectivity index (χ0) is 17.2. The van der Waals surface area contributed by atoms with Gasteiger partial charge in [0.15, 0.2) is 11.1 Å². The molecule has 130 valence electrons. The standard InChI is InChI=1S/C15H23NO5S2/c1-11-8-14(21-3)9-12(2)15(11)23(19,20)16-6-4-13(10-16)5-7-22(17)18/h8-9,13H,4-7,10H2,1-3H3,(H,17,18). The van der Waals surface area contributed by atoms with Crippen LogP contribution in [0.15, 0.2) is 17.0 Å². The van der Waals surface area contributed by atoms with Gasteiger partial charge >= 0.3 is 0 Å². The minimum absolute atomic E-state index is 0.139. The predicted molar refractivity (Wildman–Crippen MR) is 89.6 cm³/mol. The highest BCUT2D eigenvalue weighted by atomic mass is 32.2. The third-order valence-electron chi connectivity index (χ3n) is 4.22. The minimum Gasteiger partial charge on any atom is -0.497 e. The topological polar surface area (TPSA) is 83.9 Å². The van der Waals surface area contributed by atoms with Crippen molar-refractivity contribution in [3.63, 3.8) is 0 Å². The molecule has 2 unspecified atom stereocenters.